The lowest BCUT2D eigenvalue weighted by molar-refractivity contribution is -0.130. The van der Waals surface area contributed by atoms with Crippen molar-refractivity contribution in [2.24, 2.45) is 0 Å². The molecule has 0 saturated carbocycles. The molecule has 5 nitrogen and oxygen atoms in total. The highest BCUT2D eigenvalue weighted by atomic mass is 35.5. The first-order valence-corrected chi connectivity index (χ1v) is 8.29. The third-order valence-corrected chi connectivity index (χ3v) is 4.55. The smallest absolute Gasteiger partial charge is 0.240 e. The van der Waals surface area contributed by atoms with Crippen LogP contribution in [0.3, 0.4) is 0 Å². The molecule has 1 N–H and O–H groups in total. The molecule has 1 aromatic carbocycles. The fourth-order valence-electron chi connectivity index (χ4n) is 1.74. The molecule has 7 heteroatoms. The van der Waals surface area contributed by atoms with E-state index in [0.29, 0.717) is 18.1 Å². The number of carbonyl (C=O) groups is 1. The quantitative estimate of drug-likeness (QED) is 0.834. The molecule has 1 amide bonds. The van der Waals surface area contributed by atoms with Crippen LogP contribution in [0.15, 0.2) is 29.2 Å². The third-order valence-electron chi connectivity index (χ3n) is 2.85. The molecule has 0 unspecified atom stereocenters. The summed E-state index contributed by atoms with van der Waals surface area (Å²) in [5.41, 5.74) is 0. The second-order valence-corrected chi connectivity index (χ2v) is 6.37. The van der Waals surface area contributed by atoms with Gasteiger partial charge < -0.3 is 4.90 Å². The fraction of sp³-hybridized carbons (Fsp3) is 0.462. The summed E-state index contributed by atoms with van der Waals surface area (Å²) in [5.74, 6) is -0.0659. The van der Waals surface area contributed by atoms with Crippen molar-refractivity contribution < 1.29 is 13.2 Å². The maximum atomic E-state index is 12.0. The topological polar surface area (TPSA) is 66.5 Å². The molecule has 0 atom stereocenters. The van der Waals surface area contributed by atoms with E-state index in [1.54, 1.807) is 17.0 Å². The van der Waals surface area contributed by atoms with Crippen LogP contribution in [0.4, 0.5) is 0 Å². The summed E-state index contributed by atoms with van der Waals surface area (Å²) in [4.78, 5) is 13.5. The highest BCUT2D eigenvalue weighted by molar-refractivity contribution is 7.89. The van der Waals surface area contributed by atoms with Crippen LogP contribution in [0.1, 0.15) is 20.3 Å². The van der Waals surface area contributed by atoms with Gasteiger partial charge in [-0.1, -0.05) is 17.7 Å². The van der Waals surface area contributed by atoms with Crippen molar-refractivity contribution in [1.82, 2.24) is 9.62 Å². The minimum absolute atomic E-state index is 0.0659. The zero-order valence-electron chi connectivity index (χ0n) is 11.6. The maximum Gasteiger partial charge on any atom is 0.240 e. The monoisotopic (exact) mass is 318 g/mol. The van der Waals surface area contributed by atoms with Crippen LogP contribution < -0.4 is 4.72 Å². The number of nitrogens with one attached hydrogen (secondary N) is 1. The minimum atomic E-state index is -3.62. The van der Waals surface area contributed by atoms with Crippen LogP contribution in [0.25, 0.3) is 0 Å². The Morgan fingerprint density at radius 2 is 1.95 bits per heavy atom. The molecule has 1 rings (SSSR count). The first-order chi connectivity index (χ1) is 9.40. The van der Waals surface area contributed by atoms with Crippen molar-refractivity contribution in [2.75, 3.05) is 19.6 Å². The maximum absolute atomic E-state index is 12.0. The molecule has 0 aliphatic heterocycles. The Morgan fingerprint density at radius 3 is 2.50 bits per heavy atom. The number of benzene rings is 1. The first-order valence-electron chi connectivity index (χ1n) is 6.43. The molecule has 112 valence electrons. The van der Waals surface area contributed by atoms with Gasteiger partial charge in [-0.3, -0.25) is 4.79 Å². The summed E-state index contributed by atoms with van der Waals surface area (Å²) >= 11 is 5.76. The van der Waals surface area contributed by atoms with Gasteiger partial charge in [0.25, 0.3) is 0 Å². The van der Waals surface area contributed by atoms with Gasteiger partial charge in [0.15, 0.2) is 0 Å². The highest BCUT2D eigenvalue weighted by Gasteiger charge is 2.15. The minimum Gasteiger partial charge on any atom is -0.343 e. The SMILES string of the molecule is CCN(CC)C(=O)CCNS(=O)(=O)c1cccc(Cl)c1. The Kier molecular flexibility index (Phi) is 6.45. The third kappa shape index (κ3) is 4.77. The van der Waals surface area contributed by atoms with Gasteiger partial charge >= 0.3 is 0 Å². The van der Waals surface area contributed by atoms with Crippen LogP contribution >= 0.6 is 11.6 Å². The summed E-state index contributed by atoms with van der Waals surface area (Å²) in [6.45, 7) is 5.09. The lowest BCUT2D eigenvalue weighted by atomic mass is 10.3. The standard InChI is InChI=1S/C13H19ClN2O3S/c1-3-16(4-2)13(17)8-9-15-20(18,19)12-7-5-6-11(14)10-12/h5-7,10,15H,3-4,8-9H2,1-2H3. The van der Waals surface area contributed by atoms with Crippen LogP contribution in [0.2, 0.25) is 5.02 Å². The molecule has 0 spiro atoms. The van der Waals surface area contributed by atoms with E-state index < -0.39 is 10.0 Å². The number of rotatable bonds is 7. The van der Waals surface area contributed by atoms with Crippen molar-refractivity contribution in [2.45, 2.75) is 25.2 Å². The highest BCUT2D eigenvalue weighted by Crippen LogP contribution is 2.15. The van der Waals surface area contributed by atoms with Gasteiger partial charge in [0.2, 0.25) is 15.9 Å². The molecular weight excluding hydrogens is 300 g/mol. The number of amides is 1. The van der Waals surface area contributed by atoms with E-state index in [1.165, 1.54) is 12.1 Å². The Morgan fingerprint density at radius 1 is 1.30 bits per heavy atom. The fourth-order valence-corrected chi connectivity index (χ4v) is 3.08. The molecule has 0 aromatic heterocycles. The second-order valence-electron chi connectivity index (χ2n) is 4.17. The molecule has 0 aliphatic rings. The van der Waals surface area contributed by atoms with Gasteiger partial charge in [0.05, 0.1) is 4.90 Å². The summed E-state index contributed by atoms with van der Waals surface area (Å²) in [6.07, 6.45) is 0.140. The molecule has 0 heterocycles. The molecule has 0 radical (unpaired) electrons. The Hall–Kier alpha value is -1.11. The van der Waals surface area contributed by atoms with E-state index >= 15 is 0 Å². The normalized spacial score (nSPS) is 11.3. The van der Waals surface area contributed by atoms with Gasteiger partial charge in [-0.25, -0.2) is 13.1 Å². The summed E-state index contributed by atoms with van der Waals surface area (Å²) in [6, 6.07) is 6.00. The van der Waals surface area contributed by atoms with Crippen LogP contribution in [0, 0.1) is 0 Å². The van der Waals surface area contributed by atoms with Crippen LogP contribution in [0.5, 0.6) is 0 Å². The van der Waals surface area contributed by atoms with Gasteiger partial charge in [0, 0.05) is 31.1 Å². The van der Waals surface area contributed by atoms with E-state index in [4.69, 9.17) is 11.6 Å². The largest absolute Gasteiger partial charge is 0.343 e. The molecule has 0 saturated heterocycles. The van der Waals surface area contributed by atoms with E-state index in [1.807, 2.05) is 13.8 Å². The Balaban J connectivity index is 2.59. The Bertz CT molecular complexity index is 556. The van der Waals surface area contributed by atoms with Gasteiger partial charge in [0.1, 0.15) is 0 Å². The number of halogens is 1. The van der Waals surface area contributed by atoms with Crippen LogP contribution in [-0.4, -0.2) is 38.9 Å². The predicted molar refractivity (Wildman–Crippen MR) is 79.2 cm³/mol. The van der Waals surface area contributed by atoms with E-state index in [9.17, 15) is 13.2 Å². The van der Waals surface area contributed by atoms with E-state index in [-0.39, 0.29) is 23.8 Å². The first kappa shape index (κ1) is 16.9. The van der Waals surface area contributed by atoms with Crippen molar-refractivity contribution in [3.05, 3.63) is 29.3 Å². The summed E-state index contributed by atoms with van der Waals surface area (Å²) in [5, 5.41) is 0.354. The van der Waals surface area contributed by atoms with Crippen molar-refractivity contribution in [1.29, 1.82) is 0 Å². The molecule has 0 aliphatic carbocycles. The number of nitrogens with zero attached hydrogens (tertiary/aromatic N) is 1. The molecule has 20 heavy (non-hydrogen) atoms. The van der Waals surface area contributed by atoms with Crippen molar-refractivity contribution >= 4 is 27.5 Å². The van der Waals surface area contributed by atoms with Gasteiger partial charge in [-0.2, -0.15) is 0 Å². The number of sulfonamides is 1. The second kappa shape index (κ2) is 7.61. The predicted octanol–water partition coefficient (Wildman–Crippen LogP) is 1.88. The average Bonchev–Trinajstić information content (AvgIpc) is 2.40. The number of hydrogen-bond acceptors (Lipinski definition) is 3. The summed E-state index contributed by atoms with van der Waals surface area (Å²) in [7, 11) is -3.62. The van der Waals surface area contributed by atoms with Crippen LogP contribution in [-0.2, 0) is 14.8 Å². The molecule has 0 bridgehead atoms. The van der Waals surface area contributed by atoms with Crippen molar-refractivity contribution in [3.8, 4) is 0 Å². The lowest BCUT2D eigenvalue weighted by Gasteiger charge is -2.18. The lowest BCUT2D eigenvalue weighted by Crippen LogP contribution is -2.34. The summed E-state index contributed by atoms with van der Waals surface area (Å²) < 4.78 is 26.4. The van der Waals surface area contributed by atoms with Gasteiger partial charge in [-0.05, 0) is 32.0 Å². The average molecular weight is 319 g/mol. The zero-order valence-corrected chi connectivity index (χ0v) is 13.2. The van der Waals surface area contributed by atoms with Crippen molar-refractivity contribution in [3.63, 3.8) is 0 Å². The molecular formula is C13H19ClN2O3S. The van der Waals surface area contributed by atoms with Gasteiger partial charge in [-0.15, -0.1) is 0 Å². The molecule has 1 aromatic rings. The molecule has 0 fully saturated rings. The van der Waals surface area contributed by atoms with E-state index in [2.05, 4.69) is 4.72 Å². The zero-order chi connectivity index (χ0) is 15.2. The van der Waals surface area contributed by atoms with E-state index in [0.717, 1.165) is 0 Å². The Labute approximate surface area is 125 Å². The number of hydrogen-bond donors (Lipinski definition) is 1. The number of carbonyl (C=O) groups excluding carboxylic acids is 1.